The smallest absolute Gasteiger partial charge is 0.269 e. The van der Waals surface area contributed by atoms with Crippen LogP contribution in [0.1, 0.15) is 5.56 Å². The third kappa shape index (κ3) is 5.29. The molecule has 0 saturated carbocycles. The van der Waals surface area contributed by atoms with Crippen LogP contribution in [0.5, 0.6) is 0 Å². The Balaban J connectivity index is 1.66. The number of aromatic nitrogens is 4. The molecule has 1 N–H and O–H groups in total. The standard InChI is InChI=1S/C20H18Cl3N7O3S/c1-11-4-3-5-13(8-11)29-20(24-27-28-29)34-17-18(26-33-7-6-32-2)25-30(19(17)31)16-14(22)9-12(21)10-15(16)23/h3-5,8-10,17H,6-7H2,1-2H3,(H,25,26). The van der Waals surface area contributed by atoms with Gasteiger partial charge in [0.25, 0.3) is 5.91 Å². The number of nitrogens with zero attached hydrogens (tertiary/aromatic N) is 6. The van der Waals surface area contributed by atoms with Crippen LogP contribution in [0.2, 0.25) is 15.1 Å². The molecule has 2 aromatic carbocycles. The number of methoxy groups -OCH3 is 1. The molecule has 4 rings (SSSR count). The molecule has 1 aliphatic rings. The molecule has 34 heavy (non-hydrogen) atoms. The third-order valence-electron chi connectivity index (χ3n) is 4.56. The van der Waals surface area contributed by atoms with Gasteiger partial charge in [0.15, 0.2) is 11.1 Å². The summed E-state index contributed by atoms with van der Waals surface area (Å²) in [6.45, 7) is 2.53. The molecule has 0 spiro atoms. The Morgan fingerprint density at radius 1 is 1.15 bits per heavy atom. The number of tetrazole rings is 1. The number of anilines is 1. The molecular formula is C20H18Cl3N7O3S. The Morgan fingerprint density at radius 2 is 1.91 bits per heavy atom. The second-order valence-corrected chi connectivity index (χ2v) is 9.33. The lowest BCUT2D eigenvalue weighted by molar-refractivity contribution is -0.116. The van der Waals surface area contributed by atoms with Crippen LogP contribution in [0.15, 0.2) is 46.7 Å². The van der Waals surface area contributed by atoms with E-state index < -0.39 is 11.2 Å². The van der Waals surface area contributed by atoms with E-state index in [1.54, 1.807) is 11.8 Å². The number of benzene rings is 2. The molecule has 1 aromatic heterocycles. The molecule has 2 heterocycles. The molecule has 0 saturated heterocycles. The molecule has 0 fully saturated rings. The minimum atomic E-state index is -0.875. The van der Waals surface area contributed by atoms with E-state index >= 15 is 0 Å². The van der Waals surface area contributed by atoms with Gasteiger partial charge in [-0.05, 0) is 47.2 Å². The van der Waals surface area contributed by atoms with Crippen molar-refractivity contribution >= 4 is 64.0 Å². The Kier molecular flexibility index (Phi) is 7.91. The van der Waals surface area contributed by atoms with Gasteiger partial charge >= 0.3 is 0 Å². The fraction of sp³-hybridized carbons (Fsp3) is 0.250. The number of ether oxygens (including phenoxy) is 1. The third-order valence-corrected chi connectivity index (χ3v) is 6.48. The quantitative estimate of drug-likeness (QED) is 0.337. The molecular weight excluding hydrogens is 525 g/mol. The predicted molar refractivity (Wildman–Crippen MR) is 131 cm³/mol. The van der Waals surface area contributed by atoms with Crippen LogP contribution >= 0.6 is 46.6 Å². The molecule has 1 atom stereocenters. The summed E-state index contributed by atoms with van der Waals surface area (Å²) in [7, 11) is 1.55. The van der Waals surface area contributed by atoms with Gasteiger partial charge in [-0.3, -0.25) is 9.63 Å². The summed E-state index contributed by atoms with van der Waals surface area (Å²) < 4.78 is 6.52. The first-order chi connectivity index (χ1) is 16.4. The largest absolute Gasteiger partial charge is 0.382 e. The molecule has 3 aromatic rings. The van der Waals surface area contributed by atoms with E-state index in [9.17, 15) is 4.79 Å². The van der Waals surface area contributed by atoms with Crippen LogP contribution in [0, 0.1) is 6.92 Å². The highest BCUT2D eigenvalue weighted by molar-refractivity contribution is 8.01. The number of aryl methyl sites for hydroxylation is 1. The van der Waals surface area contributed by atoms with Gasteiger partial charge in [0, 0.05) is 12.1 Å². The number of carbonyl (C=O) groups is 1. The SMILES string of the molecule is COCCONC1=NN(c2c(Cl)cc(Cl)cc2Cl)C(=O)C1Sc1nnnn1-c1cccc(C)c1. The van der Waals surface area contributed by atoms with Crippen LogP contribution < -0.4 is 10.5 Å². The Hall–Kier alpha value is -2.41. The fourth-order valence-corrected chi connectivity index (χ4v) is 4.97. The summed E-state index contributed by atoms with van der Waals surface area (Å²) in [6.07, 6.45) is 0. The van der Waals surface area contributed by atoms with E-state index in [0.29, 0.717) is 16.8 Å². The number of carbonyl (C=O) groups excluding carboxylic acids is 1. The van der Waals surface area contributed by atoms with Crippen molar-refractivity contribution in [1.29, 1.82) is 0 Å². The average Bonchev–Trinajstić information content (AvgIpc) is 3.37. The fourth-order valence-electron chi connectivity index (χ4n) is 3.04. The second-order valence-electron chi connectivity index (χ2n) is 7.01. The zero-order valence-corrected chi connectivity index (χ0v) is 21.0. The number of hydrogen-bond acceptors (Lipinski definition) is 9. The molecule has 1 amide bonds. The van der Waals surface area contributed by atoms with Crippen molar-refractivity contribution in [2.75, 3.05) is 25.3 Å². The minimum absolute atomic E-state index is 0.171. The van der Waals surface area contributed by atoms with E-state index in [1.165, 1.54) is 12.1 Å². The minimum Gasteiger partial charge on any atom is -0.382 e. The number of amides is 1. The first-order valence-electron chi connectivity index (χ1n) is 9.85. The van der Waals surface area contributed by atoms with Crippen molar-refractivity contribution in [3.8, 4) is 5.69 Å². The van der Waals surface area contributed by atoms with E-state index in [-0.39, 0.29) is 28.2 Å². The highest BCUT2D eigenvalue weighted by Crippen LogP contribution is 2.40. The van der Waals surface area contributed by atoms with Gasteiger partial charge < -0.3 is 4.74 Å². The van der Waals surface area contributed by atoms with E-state index in [1.807, 2.05) is 31.2 Å². The van der Waals surface area contributed by atoms with Gasteiger partial charge in [-0.15, -0.1) is 10.2 Å². The Bertz CT molecular complexity index is 1220. The van der Waals surface area contributed by atoms with Gasteiger partial charge in [-0.25, -0.2) is 5.48 Å². The van der Waals surface area contributed by atoms with E-state index in [0.717, 1.165) is 28.0 Å². The van der Waals surface area contributed by atoms with Crippen molar-refractivity contribution in [1.82, 2.24) is 25.7 Å². The molecule has 0 aliphatic carbocycles. The summed E-state index contributed by atoms with van der Waals surface area (Å²) in [5.74, 6) is -0.209. The highest BCUT2D eigenvalue weighted by Gasteiger charge is 2.41. The Morgan fingerprint density at radius 3 is 2.62 bits per heavy atom. The molecule has 0 bridgehead atoms. The molecule has 14 heteroatoms. The zero-order chi connectivity index (χ0) is 24.2. The summed E-state index contributed by atoms with van der Waals surface area (Å²) in [5.41, 5.74) is 4.72. The maximum Gasteiger partial charge on any atom is 0.269 e. The van der Waals surface area contributed by atoms with Crippen molar-refractivity contribution in [3.63, 3.8) is 0 Å². The Labute approximate surface area is 214 Å². The molecule has 178 valence electrons. The van der Waals surface area contributed by atoms with Crippen LogP contribution in [0.3, 0.4) is 0 Å². The summed E-state index contributed by atoms with van der Waals surface area (Å²) in [5, 5.41) is 17.6. The van der Waals surface area contributed by atoms with Crippen LogP contribution in [-0.2, 0) is 14.4 Å². The van der Waals surface area contributed by atoms with Crippen LogP contribution in [0.4, 0.5) is 5.69 Å². The lowest BCUT2D eigenvalue weighted by atomic mass is 10.2. The first kappa shape index (κ1) is 24.7. The van der Waals surface area contributed by atoms with Gasteiger partial charge in [0.05, 0.1) is 28.9 Å². The summed E-state index contributed by atoms with van der Waals surface area (Å²) in [6, 6.07) is 10.6. The average molecular weight is 543 g/mol. The first-order valence-corrected chi connectivity index (χ1v) is 11.9. The number of hydrogen-bond donors (Lipinski definition) is 1. The van der Waals surface area contributed by atoms with Crippen molar-refractivity contribution in [2.45, 2.75) is 17.3 Å². The van der Waals surface area contributed by atoms with Crippen molar-refractivity contribution in [2.24, 2.45) is 5.10 Å². The van der Waals surface area contributed by atoms with Gasteiger partial charge in [0.1, 0.15) is 5.69 Å². The molecule has 1 unspecified atom stereocenters. The van der Waals surface area contributed by atoms with Crippen LogP contribution in [-0.4, -0.2) is 57.5 Å². The molecule has 10 nitrogen and oxygen atoms in total. The van der Waals surface area contributed by atoms with Gasteiger partial charge in [-0.2, -0.15) is 9.69 Å². The number of thioether (sulfide) groups is 1. The van der Waals surface area contributed by atoms with E-state index in [2.05, 4.69) is 26.1 Å². The van der Waals surface area contributed by atoms with Crippen LogP contribution in [0.25, 0.3) is 5.69 Å². The lowest BCUT2D eigenvalue weighted by Gasteiger charge is -2.17. The lowest BCUT2D eigenvalue weighted by Crippen LogP contribution is -2.36. The summed E-state index contributed by atoms with van der Waals surface area (Å²) >= 11 is 19.8. The number of halogens is 3. The summed E-state index contributed by atoms with van der Waals surface area (Å²) in [4.78, 5) is 18.9. The number of amidine groups is 1. The van der Waals surface area contributed by atoms with Gasteiger partial charge in [-0.1, -0.05) is 58.7 Å². The van der Waals surface area contributed by atoms with Crippen molar-refractivity contribution < 1.29 is 14.4 Å². The number of hydrazone groups is 1. The maximum absolute atomic E-state index is 13.5. The van der Waals surface area contributed by atoms with Gasteiger partial charge in [0.2, 0.25) is 5.16 Å². The maximum atomic E-state index is 13.5. The highest BCUT2D eigenvalue weighted by atomic mass is 35.5. The molecule has 1 aliphatic heterocycles. The van der Waals surface area contributed by atoms with E-state index in [4.69, 9.17) is 44.4 Å². The number of hydroxylamine groups is 1. The van der Waals surface area contributed by atoms with Crippen molar-refractivity contribution in [3.05, 3.63) is 57.0 Å². The monoisotopic (exact) mass is 541 g/mol. The second kappa shape index (κ2) is 10.9. The normalized spacial score (nSPS) is 15.7. The zero-order valence-electron chi connectivity index (χ0n) is 17.9. The molecule has 0 radical (unpaired) electrons. The predicted octanol–water partition coefficient (Wildman–Crippen LogP) is 3.92. The topological polar surface area (TPSA) is 107 Å². The number of rotatable bonds is 8. The number of nitrogens with one attached hydrogen (secondary N) is 1.